The lowest BCUT2D eigenvalue weighted by Crippen LogP contribution is -2.43. The lowest BCUT2D eigenvalue weighted by Gasteiger charge is -2.29. The first kappa shape index (κ1) is 21.7. The van der Waals surface area contributed by atoms with Crippen LogP contribution in [0, 0.1) is 0 Å². The first-order valence-electron chi connectivity index (χ1n) is 10.9. The predicted molar refractivity (Wildman–Crippen MR) is 126 cm³/mol. The van der Waals surface area contributed by atoms with Gasteiger partial charge in [-0.25, -0.2) is 4.98 Å². The lowest BCUT2D eigenvalue weighted by molar-refractivity contribution is 0.0391. The largest absolute Gasteiger partial charge is 0.494 e. The number of hydrogen-bond acceptors (Lipinski definition) is 6. The molecule has 2 heterocycles. The molecule has 1 saturated heterocycles. The number of anilines is 1. The maximum Gasteiger partial charge on any atom is 0.260 e. The SMILES string of the molecule is CCOc1ccc(C(=O)N(CCN2CCOCC2)c2nc3c(CC)cccc3s2)cc1. The summed E-state index contributed by atoms with van der Waals surface area (Å²) in [6, 6.07) is 13.6. The molecule has 7 heteroatoms. The van der Waals surface area contributed by atoms with E-state index in [1.807, 2.05) is 36.1 Å². The summed E-state index contributed by atoms with van der Waals surface area (Å²) in [5.74, 6) is 0.736. The van der Waals surface area contributed by atoms with E-state index < -0.39 is 0 Å². The highest BCUT2D eigenvalue weighted by Gasteiger charge is 2.23. The van der Waals surface area contributed by atoms with E-state index in [0.717, 1.165) is 60.4 Å². The molecule has 0 spiro atoms. The van der Waals surface area contributed by atoms with E-state index in [9.17, 15) is 4.79 Å². The Morgan fingerprint density at radius 1 is 1.16 bits per heavy atom. The highest BCUT2D eigenvalue weighted by molar-refractivity contribution is 7.22. The monoisotopic (exact) mass is 439 g/mol. The number of nitrogens with zero attached hydrogens (tertiary/aromatic N) is 3. The summed E-state index contributed by atoms with van der Waals surface area (Å²) in [6.45, 7) is 9.34. The van der Waals surface area contributed by atoms with Crippen molar-refractivity contribution in [3.63, 3.8) is 0 Å². The Morgan fingerprint density at radius 3 is 2.65 bits per heavy atom. The van der Waals surface area contributed by atoms with Crippen LogP contribution < -0.4 is 9.64 Å². The molecule has 4 rings (SSSR count). The number of aryl methyl sites for hydroxylation is 1. The molecule has 3 aromatic rings. The zero-order valence-corrected chi connectivity index (χ0v) is 19.0. The normalized spacial score (nSPS) is 14.6. The topological polar surface area (TPSA) is 54.9 Å². The van der Waals surface area contributed by atoms with Crippen LogP contribution in [0.3, 0.4) is 0 Å². The van der Waals surface area contributed by atoms with Crippen LogP contribution in [0.15, 0.2) is 42.5 Å². The van der Waals surface area contributed by atoms with E-state index in [0.29, 0.717) is 18.7 Å². The molecule has 164 valence electrons. The molecular weight excluding hydrogens is 410 g/mol. The second-order valence-electron chi connectivity index (χ2n) is 7.48. The van der Waals surface area contributed by atoms with Crippen molar-refractivity contribution in [3.8, 4) is 5.75 Å². The number of carbonyl (C=O) groups excluding carboxylic acids is 1. The van der Waals surface area contributed by atoms with E-state index in [1.54, 1.807) is 11.3 Å². The van der Waals surface area contributed by atoms with E-state index >= 15 is 0 Å². The fraction of sp³-hybridized carbons (Fsp3) is 0.417. The van der Waals surface area contributed by atoms with Crippen LogP contribution in [0.2, 0.25) is 0 Å². The van der Waals surface area contributed by atoms with E-state index in [2.05, 4.69) is 30.0 Å². The Morgan fingerprint density at radius 2 is 1.94 bits per heavy atom. The minimum atomic E-state index is -0.0339. The van der Waals surface area contributed by atoms with Gasteiger partial charge in [0.15, 0.2) is 5.13 Å². The van der Waals surface area contributed by atoms with Gasteiger partial charge in [0.25, 0.3) is 5.91 Å². The van der Waals surface area contributed by atoms with Gasteiger partial charge in [-0.05, 0) is 49.2 Å². The van der Waals surface area contributed by atoms with E-state index in [4.69, 9.17) is 14.5 Å². The van der Waals surface area contributed by atoms with E-state index in [-0.39, 0.29) is 5.91 Å². The molecular formula is C24H29N3O3S. The van der Waals surface area contributed by atoms with Gasteiger partial charge in [0, 0.05) is 31.7 Å². The molecule has 1 amide bonds. The maximum absolute atomic E-state index is 13.5. The van der Waals surface area contributed by atoms with Crippen molar-refractivity contribution in [1.82, 2.24) is 9.88 Å². The third kappa shape index (κ3) is 5.06. The number of aromatic nitrogens is 1. The number of hydrogen-bond donors (Lipinski definition) is 0. The number of fused-ring (bicyclic) bond motifs is 1. The van der Waals surface area contributed by atoms with Crippen molar-refractivity contribution in [2.24, 2.45) is 0 Å². The molecule has 0 aliphatic carbocycles. The zero-order valence-electron chi connectivity index (χ0n) is 18.2. The molecule has 6 nitrogen and oxygen atoms in total. The van der Waals surface area contributed by atoms with Gasteiger partial charge in [0.2, 0.25) is 0 Å². The number of ether oxygens (including phenoxy) is 2. The minimum absolute atomic E-state index is 0.0339. The molecule has 0 bridgehead atoms. The first-order valence-corrected chi connectivity index (χ1v) is 11.7. The van der Waals surface area contributed by atoms with Gasteiger partial charge in [-0.2, -0.15) is 0 Å². The summed E-state index contributed by atoms with van der Waals surface area (Å²) in [6.07, 6.45) is 0.918. The van der Waals surface area contributed by atoms with Gasteiger partial charge in [0.05, 0.1) is 30.0 Å². The fourth-order valence-electron chi connectivity index (χ4n) is 3.76. The Kier molecular flexibility index (Phi) is 7.17. The van der Waals surface area contributed by atoms with Crippen molar-refractivity contribution in [2.45, 2.75) is 20.3 Å². The summed E-state index contributed by atoms with van der Waals surface area (Å²) in [5.41, 5.74) is 2.85. The van der Waals surface area contributed by atoms with Crippen molar-refractivity contribution in [3.05, 3.63) is 53.6 Å². The van der Waals surface area contributed by atoms with Crippen LogP contribution >= 0.6 is 11.3 Å². The number of benzene rings is 2. The molecule has 0 atom stereocenters. The number of morpholine rings is 1. The summed E-state index contributed by atoms with van der Waals surface area (Å²) in [4.78, 5) is 22.6. The molecule has 1 aliphatic rings. The van der Waals surface area contributed by atoms with Crippen LogP contribution in [0.25, 0.3) is 10.2 Å². The molecule has 31 heavy (non-hydrogen) atoms. The van der Waals surface area contributed by atoms with Crippen LogP contribution in [0.1, 0.15) is 29.8 Å². The van der Waals surface area contributed by atoms with Crippen LogP contribution in [0.5, 0.6) is 5.75 Å². The summed E-state index contributed by atoms with van der Waals surface area (Å²) in [5, 5.41) is 0.753. The molecule has 0 radical (unpaired) electrons. The average Bonchev–Trinajstić information content (AvgIpc) is 3.24. The van der Waals surface area contributed by atoms with Gasteiger partial charge in [-0.15, -0.1) is 0 Å². The van der Waals surface area contributed by atoms with Gasteiger partial charge < -0.3 is 9.47 Å². The number of rotatable bonds is 8. The molecule has 2 aromatic carbocycles. The average molecular weight is 440 g/mol. The van der Waals surface area contributed by atoms with Crippen LogP contribution in [-0.4, -0.2) is 61.8 Å². The minimum Gasteiger partial charge on any atom is -0.494 e. The summed E-state index contributed by atoms with van der Waals surface area (Å²) in [7, 11) is 0. The fourth-order valence-corrected chi connectivity index (χ4v) is 4.80. The molecule has 1 aromatic heterocycles. The Labute approximate surface area is 187 Å². The molecule has 0 saturated carbocycles. The highest BCUT2D eigenvalue weighted by atomic mass is 32.1. The van der Waals surface area contributed by atoms with Gasteiger partial charge in [0.1, 0.15) is 5.75 Å². The standard InChI is InChI=1S/C24H29N3O3S/c1-3-18-6-5-7-21-22(18)25-24(31-21)27(13-12-26-14-16-29-17-15-26)23(28)19-8-10-20(11-9-19)30-4-2/h5-11H,3-4,12-17H2,1-2H3. The van der Waals surface area contributed by atoms with Gasteiger partial charge >= 0.3 is 0 Å². The number of carbonyl (C=O) groups is 1. The first-order chi connectivity index (χ1) is 15.2. The third-order valence-electron chi connectivity index (χ3n) is 5.50. The van der Waals surface area contributed by atoms with Gasteiger partial charge in [-0.1, -0.05) is 30.4 Å². The molecule has 1 fully saturated rings. The quantitative estimate of drug-likeness (QED) is 0.526. The summed E-state index contributed by atoms with van der Waals surface area (Å²) < 4.78 is 12.1. The number of amides is 1. The Bertz CT molecular complexity index is 1010. The third-order valence-corrected chi connectivity index (χ3v) is 6.55. The van der Waals surface area contributed by atoms with Crippen molar-refractivity contribution in [1.29, 1.82) is 0 Å². The molecule has 0 N–H and O–H groups in total. The zero-order chi connectivity index (χ0) is 21.6. The number of thiazole rings is 1. The summed E-state index contributed by atoms with van der Waals surface area (Å²) >= 11 is 1.58. The van der Waals surface area contributed by atoms with E-state index in [1.165, 1.54) is 5.56 Å². The smallest absolute Gasteiger partial charge is 0.260 e. The predicted octanol–water partition coefficient (Wildman–Crippen LogP) is 4.24. The molecule has 1 aliphatic heterocycles. The highest BCUT2D eigenvalue weighted by Crippen LogP contribution is 2.32. The second kappa shape index (κ2) is 10.2. The van der Waals surface area contributed by atoms with Crippen molar-refractivity contribution in [2.75, 3.05) is 50.9 Å². The number of para-hydroxylation sites is 1. The second-order valence-corrected chi connectivity index (χ2v) is 8.49. The van der Waals surface area contributed by atoms with Crippen molar-refractivity contribution >= 4 is 32.6 Å². The Balaban J connectivity index is 1.62. The van der Waals surface area contributed by atoms with Crippen LogP contribution in [-0.2, 0) is 11.2 Å². The van der Waals surface area contributed by atoms with Crippen LogP contribution in [0.4, 0.5) is 5.13 Å². The molecule has 0 unspecified atom stereocenters. The lowest BCUT2D eigenvalue weighted by atomic mass is 10.1. The maximum atomic E-state index is 13.5. The van der Waals surface area contributed by atoms with Gasteiger partial charge in [-0.3, -0.25) is 14.6 Å². The van der Waals surface area contributed by atoms with Crippen molar-refractivity contribution < 1.29 is 14.3 Å². The Hall–Kier alpha value is -2.48.